The summed E-state index contributed by atoms with van der Waals surface area (Å²) >= 11 is 0. The zero-order valence-electron chi connectivity index (χ0n) is 52.1. The van der Waals surface area contributed by atoms with Gasteiger partial charge in [-0.05, 0) is 197 Å². The van der Waals surface area contributed by atoms with Gasteiger partial charge in [0.2, 0.25) is 0 Å². The molecule has 0 fully saturated rings. The lowest BCUT2D eigenvalue weighted by Crippen LogP contribution is -1.93. The van der Waals surface area contributed by atoms with Crippen molar-refractivity contribution in [2.75, 3.05) is 0 Å². The van der Waals surface area contributed by atoms with Crippen molar-refractivity contribution in [2.24, 2.45) is 0 Å². The molecule has 0 saturated heterocycles. The molecule has 0 unspecified atom stereocenters. The van der Waals surface area contributed by atoms with Crippen LogP contribution in [0.2, 0.25) is 0 Å². The largest absolute Gasteiger partial charge is 0.309 e. The summed E-state index contributed by atoms with van der Waals surface area (Å²) in [6.45, 7) is 8.36. The Labute approximate surface area is 537 Å². The molecule has 15 aromatic carbocycles. The molecular formula is C90H66N2. The third kappa shape index (κ3) is 9.85. The first-order chi connectivity index (χ1) is 45.4. The fourth-order valence-electron chi connectivity index (χ4n) is 14.2. The molecule has 0 aliphatic carbocycles. The molecule has 92 heavy (non-hydrogen) atoms. The van der Waals surface area contributed by atoms with E-state index in [-0.39, 0.29) is 0 Å². The van der Waals surface area contributed by atoms with Gasteiger partial charge < -0.3 is 9.13 Å². The number of rotatable bonds is 10. The van der Waals surface area contributed by atoms with Gasteiger partial charge in [0, 0.05) is 32.9 Å². The predicted octanol–water partition coefficient (Wildman–Crippen LogP) is 25.2. The number of benzene rings is 15. The first-order valence-corrected chi connectivity index (χ1v) is 32.2. The monoisotopic (exact) mass is 1170 g/mol. The number of aryl methyl sites for hydroxylation is 2. The van der Waals surface area contributed by atoms with Gasteiger partial charge in [0.25, 0.3) is 0 Å². The van der Waals surface area contributed by atoms with Crippen molar-refractivity contribution in [3.63, 3.8) is 0 Å². The van der Waals surface area contributed by atoms with Gasteiger partial charge >= 0.3 is 0 Å². The fraction of sp³-hybridized carbons (Fsp3) is 0.0444. The molecule has 2 nitrogen and oxygen atoms in total. The summed E-state index contributed by atoms with van der Waals surface area (Å²) < 4.78 is 4.75. The molecule has 0 aliphatic rings. The van der Waals surface area contributed by atoms with Crippen LogP contribution in [0.15, 0.2) is 328 Å². The van der Waals surface area contributed by atoms with Crippen LogP contribution in [0.4, 0.5) is 0 Å². The fourth-order valence-corrected chi connectivity index (χ4v) is 14.2. The average Bonchev–Trinajstić information content (AvgIpc) is 1.10. The van der Waals surface area contributed by atoms with Gasteiger partial charge in [0.05, 0.1) is 22.1 Å². The van der Waals surface area contributed by atoms with Crippen LogP contribution in [0.3, 0.4) is 0 Å². The zero-order valence-corrected chi connectivity index (χ0v) is 52.1. The second kappa shape index (κ2) is 23.4. The number of hydrogen-bond acceptors (Lipinski definition) is 0. The van der Waals surface area contributed by atoms with Crippen LogP contribution in [-0.4, -0.2) is 9.13 Å². The molecule has 0 N–H and O–H groups in total. The Morgan fingerprint density at radius 2 is 0.446 bits per heavy atom. The Morgan fingerprint density at radius 1 is 0.174 bits per heavy atom. The van der Waals surface area contributed by atoms with Gasteiger partial charge in [-0.3, -0.25) is 0 Å². The minimum atomic E-state index is 1.17. The molecule has 0 spiro atoms. The van der Waals surface area contributed by atoms with Crippen molar-refractivity contribution in [3.05, 3.63) is 339 Å². The molecule has 2 heteroatoms. The van der Waals surface area contributed by atoms with Crippen molar-refractivity contribution in [1.29, 1.82) is 0 Å². The predicted molar refractivity (Wildman–Crippen MR) is 394 cm³/mol. The van der Waals surface area contributed by atoms with Crippen LogP contribution in [0, 0.1) is 13.8 Å². The summed E-state index contributed by atoms with van der Waals surface area (Å²) in [5.41, 5.74) is 28.8. The smallest absolute Gasteiger partial charge is 0.0541 e. The summed E-state index contributed by atoms with van der Waals surface area (Å²) in [6, 6.07) is 121. The number of nitrogens with zero attached hydrogens (tertiary/aromatic N) is 2. The van der Waals surface area contributed by atoms with E-state index in [0.29, 0.717) is 0 Å². The van der Waals surface area contributed by atoms with Crippen molar-refractivity contribution >= 4 is 65.2 Å². The molecule has 17 aromatic rings. The number of hydrogen-bond donors (Lipinski definition) is 0. The van der Waals surface area contributed by atoms with E-state index in [1.54, 1.807) is 0 Å². The van der Waals surface area contributed by atoms with Crippen molar-refractivity contribution < 1.29 is 0 Å². The lowest BCUT2D eigenvalue weighted by Gasteiger charge is -2.20. The van der Waals surface area contributed by atoms with E-state index < -0.39 is 0 Å². The Bertz CT molecular complexity index is 5260. The molecule has 2 aromatic heterocycles. The van der Waals surface area contributed by atoms with E-state index in [0.717, 1.165) is 0 Å². The highest BCUT2D eigenvalue weighted by Crippen LogP contribution is 2.47. The van der Waals surface area contributed by atoms with E-state index in [9.17, 15) is 0 Å². The Balaban J connectivity index is 0.00000334. The summed E-state index contributed by atoms with van der Waals surface area (Å²) in [5, 5.41) is 9.91. The first-order valence-electron chi connectivity index (χ1n) is 32.2. The highest BCUT2D eigenvalue weighted by Gasteiger charge is 2.21. The molecule has 436 valence electrons. The van der Waals surface area contributed by atoms with E-state index in [1.165, 1.54) is 177 Å². The maximum absolute atomic E-state index is 2.44. The Hall–Kier alpha value is -11.6. The van der Waals surface area contributed by atoms with Crippen LogP contribution in [-0.2, 0) is 0 Å². The molecule has 0 saturated carbocycles. The minimum Gasteiger partial charge on any atom is -0.309 e. The quantitative estimate of drug-likeness (QED) is 0.121. The van der Waals surface area contributed by atoms with Gasteiger partial charge in [-0.25, -0.2) is 0 Å². The lowest BCUT2D eigenvalue weighted by atomic mass is 9.83. The van der Waals surface area contributed by atoms with E-state index in [1.807, 2.05) is 13.8 Å². The molecule has 0 atom stereocenters. The Kier molecular flexibility index (Phi) is 14.2. The SMILES string of the molecule is CC.Cc1cccc(-c2ccc3c(-c4ccc(-c5ccc(-c6ccc7c(c6)c6ccccc6n7-c6ccccc6)cc5)cc4)c4cc(-c5cccc(C)c5)ccc4c(-c4ccc(-c5ccc(-c6ccc7c(c6)c6ccccc6n7-c6ccccc6)cc5)cc4)c3c2)c1. The number of para-hydroxylation sites is 4. The highest BCUT2D eigenvalue weighted by molar-refractivity contribution is 6.23. The average molecular weight is 1180 g/mol. The summed E-state index contributed by atoms with van der Waals surface area (Å²) in [7, 11) is 0. The second-order valence-corrected chi connectivity index (χ2v) is 24.2. The maximum Gasteiger partial charge on any atom is 0.0541 e. The topological polar surface area (TPSA) is 9.86 Å². The third-order valence-corrected chi connectivity index (χ3v) is 18.6. The second-order valence-electron chi connectivity index (χ2n) is 24.2. The number of fused-ring (bicyclic) bond motifs is 8. The highest BCUT2D eigenvalue weighted by atomic mass is 15.0. The molecule has 2 heterocycles. The molecule has 0 bridgehead atoms. The first kappa shape index (κ1) is 55.7. The lowest BCUT2D eigenvalue weighted by molar-refractivity contribution is 1.18. The number of aromatic nitrogens is 2. The van der Waals surface area contributed by atoms with E-state index in [4.69, 9.17) is 0 Å². The molecule has 0 aliphatic heterocycles. The zero-order chi connectivity index (χ0) is 61.8. The van der Waals surface area contributed by atoms with Gasteiger partial charge in [-0.15, -0.1) is 0 Å². The van der Waals surface area contributed by atoms with Crippen LogP contribution in [0.5, 0.6) is 0 Å². The van der Waals surface area contributed by atoms with Crippen LogP contribution in [0.1, 0.15) is 25.0 Å². The van der Waals surface area contributed by atoms with Crippen LogP contribution in [0.25, 0.3) is 166 Å². The summed E-state index contributed by atoms with van der Waals surface area (Å²) in [5.74, 6) is 0. The van der Waals surface area contributed by atoms with Gasteiger partial charge in [-0.2, -0.15) is 0 Å². The minimum absolute atomic E-state index is 1.17. The van der Waals surface area contributed by atoms with Crippen molar-refractivity contribution in [2.45, 2.75) is 27.7 Å². The summed E-state index contributed by atoms with van der Waals surface area (Å²) in [6.07, 6.45) is 0. The van der Waals surface area contributed by atoms with Crippen molar-refractivity contribution in [1.82, 2.24) is 9.13 Å². The molecule has 0 amide bonds. The maximum atomic E-state index is 2.44. The normalized spacial score (nSPS) is 11.5. The van der Waals surface area contributed by atoms with Gasteiger partial charge in [0.15, 0.2) is 0 Å². The molecular weight excluding hydrogens is 1110 g/mol. The van der Waals surface area contributed by atoms with Crippen LogP contribution < -0.4 is 0 Å². The third-order valence-electron chi connectivity index (χ3n) is 18.6. The molecule has 17 rings (SSSR count). The Morgan fingerprint density at radius 3 is 0.815 bits per heavy atom. The van der Waals surface area contributed by atoms with Crippen molar-refractivity contribution in [3.8, 4) is 100 Å². The molecule has 0 radical (unpaired) electrons. The summed E-state index contributed by atoms with van der Waals surface area (Å²) in [4.78, 5) is 0. The van der Waals surface area contributed by atoms with Crippen LogP contribution >= 0.6 is 0 Å². The van der Waals surface area contributed by atoms with E-state index >= 15 is 0 Å². The van der Waals surface area contributed by atoms with E-state index in [2.05, 4.69) is 351 Å². The van der Waals surface area contributed by atoms with Gasteiger partial charge in [0.1, 0.15) is 0 Å². The van der Waals surface area contributed by atoms with Gasteiger partial charge in [-0.1, -0.05) is 280 Å². The standard InChI is InChI=1S/C88H60N2.C2H6/c1-57-15-13-17-67(51-57)71-43-47-77-81(55-71)87(65-39-35-61(36-40-65)59-27-31-63(32-28-59)69-45-49-85-79(53-69)75-23-9-11-25-83(75)89(85)73-19-5-3-6-20-73)78-48-44-72(68-18-14-16-58(2)52-68)56-82(78)88(77)66-41-37-62(38-42-66)60-29-33-64(34-30-60)70-46-50-86-80(54-70)76-24-10-12-26-84(76)90(86)74-21-7-4-8-22-74;1-2/h3-56H,1-2H3;1-2H3.